The molecule has 0 fully saturated rings. The second kappa shape index (κ2) is 23.8. The number of hydroxylamine groups is 2. The summed E-state index contributed by atoms with van der Waals surface area (Å²) in [4.78, 5) is 40.4. The van der Waals surface area contributed by atoms with Gasteiger partial charge in [-0.05, 0) is 6.42 Å². The quantitative estimate of drug-likeness (QED) is 0.0515. The first-order valence-corrected chi connectivity index (χ1v) is 12.5. The minimum atomic E-state index is -5.04. The van der Waals surface area contributed by atoms with E-state index in [-0.39, 0.29) is 78.6 Å². The molecule has 3 N–H and O–H groups in total. The third kappa shape index (κ3) is 20.6. The van der Waals surface area contributed by atoms with E-state index in [9.17, 15) is 27.4 Å². The van der Waals surface area contributed by atoms with Crippen LogP contribution in [0, 0.1) is 0 Å². The van der Waals surface area contributed by atoms with Crippen molar-refractivity contribution in [1.82, 2.24) is 5.06 Å². The van der Waals surface area contributed by atoms with E-state index in [0.717, 1.165) is 30.7 Å². The van der Waals surface area contributed by atoms with Gasteiger partial charge in [0.25, 0.3) is 10.1 Å². The molecule has 0 radical (unpaired) electrons. The van der Waals surface area contributed by atoms with Crippen molar-refractivity contribution in [2.24, 2.45) is 0 Å². The Balaban J connectivity index is -0.00000480. The van der Waals surface area contributed by atoms with Gasteiger partial charge in [-0.1, -0.05) is 58.3 Å². The number of carbonyl (C=O) groups excluding carboxylic acids is 3. The van der Waals surface area contributed by atoms with Crippen LogP contribution < -0.4 is 0 Å². The Morgan fingerprint density at radius 2 is 1.29 bits per heavy atom. The van der Waals surface area contributed by atoms with Gasteiger partial charge in [0.05, 0.1) is 32.7 Å². The molecular weight excluding hydrogens is 492 g/mol. The van der Waals surface area contributed by atoms with E-state index >= 15 is 0 Å². The molecule has 0 aromatic carbocycles. The SMILES string of the molecule is CCCCCCCCCCCC(=O)OC(=O)CC(C(=O)ON(CCO)CCO)S(=O)(=O)O.[NaH].[NaH]. The molecule has 0 amide bonds. The predicted octanol–water partition coefficient (Wildman–Crippen LogP) is 0.0714. The zero-order chi connectivity index (χ0) is 24.4. The third-order valence-corrected chi connectivity index (χ3v) is 5.68. The zero-order valence-electron chi connectivity index (χ0n) is 18.7. The van der Waals surface area contributed by atoms with Crippen LogP contribution in [0.15, 0.2) is 0 Å². The number of carbonyl (C=O) groups is 3. The zero-order valence-corrected chi connectivity index (χ0v) is 19.6. The number of aliphatic hydroxyl groups is 2. The van der Waals surface area contributed by atoms with Crippen LogP contribution in [0.3, 0.4) is 0 Å². The number of unbranched alkanes of at least 4 members (excludes halogenated alkanes) is 8. The number of rotatable bonds is 19. The molecule has 1 unspecified atom stereocenters. The summed E-state index contributed by atoms with van der Waals surface area (Å²) in [5, 5.41) is 16.2. The third-order valence-electron chi connectivity index (χ3n) is 4.60. The van der Waals surface area contributed by atoms with Gasteiger partial charge >= 0.3 is 77.0 Å². The molecule has 0 heterocycles. The van der Waals surface area contributed by atoms with Gasteiger partial charge in [-0.15, -0.1) is 5.06 Å². The molecule has 192 valence electrons. The fraction of sp³-hybridized carbons (Fsp3) is 0.850. The summed E-state index contributed by atoms with van der Waals surface area (Å²) in [6.45, 7) is 0.779. The molecule has 0 aliphatic heterocycles. The van der Waals surface area contributed by atoms with Crippen molar-refractivity contribution >= 4 is 87.1 Å². The van der Waals surface area contributed by atoms with E-state index in [0.29, 0.717) is 6.42 Å². The summed E-state index contributed by atoms with van der Waals surface area (Å²) in [5.41, 5.74) is 0. The molecule has 34 heavy (non-hydrogen) atoms. The van der Waals surface area contributed by atoms with Crippen molar-refractivity contribution in [3.8, 4) is 0 Å². The summed E-state index contributed by atoms with van der Waals surface area (Å²) >= 11 is 0. The van der Waals surface area contributed by atoms with E-state index in [1.165, 1.54) is 25.7 Å². The first-order chi connectivity index (χ1) is 15.1. The van der Waals surface area contributed by atoms with Crippen molar-refractivity contribution < 1.29 is 47.1 Å². The van der Waals surface area contributed by atoms with Crippen LogP contribution in [-0.2, 0) is 34.1 Å². The van der Waals surface area contributed by atoms with Gasteiger partial charge in [-0.2, -0.15) is 8.42 Å². The van der Waals surface area contributed by atoms with Crippen molar-refractivity contribution in [3.05, 3.63) is 0 Å². The Morgan fingerprint density at radius 3 is 1.74 bits per heavy atom. The summed E-state index contributed by atoms with van der Waals surface area (Å²) in [6, 6.07) is 0. The monoisotopic (exact) mass is 531 g/mol. The number of hydrogen-bond acceptors (Lipinski definition) is 10. The van der Waals surface area contributed by atoms with E-state index in [1.807, 2.05) is 0 Å². The van der Waals surface area contributed by atoms with Crippen LogP contribution in [-0.4, -0.2) is 137 Å². The predicted molar refractivity (Wildman–Crippen MR) is 129 cm³/mol. The maximum atomic E-state index is 12.1. The minimum absolute atomic E-state index is 0. The molecular formula is C20H39NNa2O10S. The molecule has 11 nitrogen and oxygen atoms in total. The molecule has 0 aromatic heterocycles. The van der Waals surface area contributed by atoms with Crippen LogP contribution >= 0.6 is 0 Å². The average Bonchev–Trinajstić information content (AvgIpc) is 2.70. The molecule has 14 heteroatoms. The van der Waals surface area contributed by atoms with Crippen LogP contribution in [0.4, 0.5) is 0 Å². The molecule has 0 saturated carbocycles. The van der Waals surface area contributed by atoms with Crippen LogP contribution in [0.1, 0.15) is 77.6 Å². The normalized spacial score (nSPS) is 11.8. The van der Waals surface area contributed by atoms with E-state index in [4.69, 9.17) is 15.1 Å². The van der Waals surface area contributed by atoms with Gasteiger partial charge in [0.2, 0.25) is 0 Å². The molecule has 0 bridgehead atoms. The second-order valence-electron chi connectivity index (χ2n) is 7.42. The molecule has 1 atom stereocenters. The number of esters is 2. The summed E-state index contributed by atoms with van der Waals surface area (Å²) in [7, 11) is -5.04. The standard InChI is InChI=1S/C20H37NO10S.2Na.2H/c1-2-3-4-5-6-7-8-9-10-11-18(24)30-19(25)16-17(32(27,28)29)20(26)31-21(12-14-22)13-15-23;;;;/h17,22-23H,2-16H2,1H3,(H,27,28,29);;;;. The molecule has 0 rings (SSSR count). The van der Waals surface area contributed by atoms with Gasteiger partial charge in [0.15, 0.2) is 5.25 Å². The summed E-state index contributed by atoms with van der Waals surface area (Å²) in [5.74, 6) is -3.64. The Bertz CT molecular complexity index is 658. The maximum absolute atomic E-state index is 12.1. The van der Waals surface area contributed by atoms with Crippen LogP contribution in [0.25, 0.3) is 0 Å². The van der Waals surface area contributed by atoms with Crippen molar-refractivity contribution in [2.75, 3.05) is 26.3 Å². The van der Waals surface area contributed by atoms with Crippen LogP contribution in [0.2, 0.25) is 0 Å². The van der Waals surface area contributed by atoms with Gasteiger partial charge in [0, 0.05) is 6.42 Å². The topological polar surface area (TPSA) is 168 Å². The van der Waals surface area contributed by atoms with Crippen LogP contribution in [0.5, 0.6) is 0 Å². The summed E-state index contributed by atoms with van der Waals surface area (Å²) < 4.78 is 36.8. The Labute approximate surface area is 246 Å². The molecule has 0 aliphatic rings. The number of ether oxygens (including phenoxy) is 1. The van der Waals surface area contributed by atoms with Gasteiger partial charge in [0.1, 0.15) is 0 Å². The summed E-state index contributed by atoms with van der Waals surface area (Å²) in [6.07, 6.45) is 8.19. The average molecular weight is 532 g/mol. The Kier molecular flexibility index (Phi) is 27.2. The molecule has 0 saturated heterocycles. The van der Waals surface area contributed by atoms with E-state index in [1.54, 1.807) is 0 Å². The van der Waals surface area contributed by atoms with Crippen molar-refractivity contribution in [2.45, 2.75) is 82.8 Å². The Hall–Kier alpha value is 0.400. The number of aliphatic hydroxyl groups excluding tert-OH is 2. The molecule has 0 aliphatic carbocycles. The fourth-order valence-electron chi connectivity index (χ4n) is 2.87. The first kappa shape index (κ1) is 38.9. The van der Waals surface area contributed by atoms with E-state index < -0.39 is 52.9 Å². The second-order valence-corrected chi connectivity index (χ2v) is 9.02. The molecule has 0 aromatic rings. The number of hydrogen-bond donors (Lipinski definition) is 3. The van der Waals surface area contributed by atoms with Gasteiger partial charge in [-0.3, -0.25) is 14.1 Å². The molecule has 0 spiro atoms. The van der Waals surface area contributed by atoms with Gasteiger partial charge < -0.3 is 19.8 Å². The first-order valence-electron chi connectivity index (χ1n) is 11.0. The van der Waals surface area contributed by atoms with Gasteiger partial charge in [-0.25, -0.2) is 4.79 Å². The van der Waals surface area contributed by atoms with Crippen molar-refractivity contribution in [1.29, 1.82) is 0 Å². The number of nitrogens with zero attached hydrogens (tertiary/aromatic N) is 1. The Morgan fingerprint density at radius 1 is 0.824 bits per heavy atom. The van der Waals surface area contributed by atoms with Crippen molar-refractivity contribution in [3.63, 3.8) is 0 Å². The fourth-order valence-corrected chi connectivity index (χ4v) is 3.51. The van der Waals surface area contributed by atoms with E-state index in [2.05, 4.69) is 11.7 Å².